The molecule has 0 aliphatic carbocycles. The average Bonchev–Trinajstić information content (AvgIpc) is 3.15. The molecule has 0 saturated carbocycles. The van der Waals surface area contributed by atoms with Gasteiger partial charge in [0.25, 0.3) is 0 Å². The molecule has 0 unspecified atom stereocenters. The van der Waals surface area contributed by atoms with Gasteiger partial charge in [0.2, 0.25) is 0 Å². The van der Waals surface area contributed by atoms with Crippen molar-refractivity contribution >= 4 is 6.09 Å². The summed E-state index contributed by atoms with van der Waals surface area (Å²) in [5.74, 6) is -0.447. The molecule has 1 aliphatic heterocycles. The first kappa shape index (κ1) is 18.7. The van der Waals surface area contributed by atoms with E-state index < -0.39 is 11.4 Å². The Morgan fingerprint density at radius 2 is 2.11 bits per heavy atom. The van der Waals surface area contributed by atoms with Gasteiger partial charge >= 0.3 is 6.09 Å². The lowest BCUT2D eigenvalue weighted by atomic mass is 10.1. The van der Waals surface area contributed by atoms with Gasteiger partial charge in [-0.25, -0.2) is 9.18 Å². The van der Waals surface area contributed by atoms with Crippen LogP contribution in [0.15, 0.2) is 18.3 Å². The Balaban J connectivity index is 1.79. The van der Waals surface area contributed by atoms with Gasteiger partial charge in [-0.3, -0.25) is 9.58 Å². The van der Waals surface area contributed by atoms with E-state index >= 15 is 0 Å². The highest BCUT2D eigenvalue weighted by atomic mass is 19.1. The van der Waals surface area contributed by atoms with E-state index in [1.54, 1.807) is 27.9 Å². The number of rotatable bonds is 3. The summed E-state index contributed by atoms with van der Waals surface area (Å²) >= 11 is 0. The van der Waals surface area contributed by atoms with E-state index in [1.165, 1.54) is 13.2 Å². The molecule has 0 N–H and O–H groups in total. The molecule has 1 aliphatic rings. The highest BCUT2D eigenvalue weighted by molar-refractivity contribution is 5.69. The number of nitriles is 1. The van der Waals surface area contributed by atoms with E-state index in [0.717, 1.165) is 11.3 Å². The zero-order chi connectivity index (χ0) is 19.8. The highest BCUT2D eigenvalue weighted by Gasteiger charge is 2.30. The Bertz CT molecular complexity index is 924. The molecular formula is C19H21FN4O3. The molecular weight excluding hydrogens is 351 g/mol. The van der Waals surface area contributed by atoms with Crippen LogP contribution in [0.25, 0.3) is 0 Å². The van der Waals surface area contributed by atoms with Gasteiger partial charge < -0.3 is 9.47 Å². The van der Waals surface area contributed by atoms with Gasteiger partial charge in [0.05, 0.1) is 38.6 Å². The van der Waals surface area contributed by atoms with Gasteiger partial charge in [-0.2, -0.15) is 10.4 Å². The molecule has 3 rings (SSSR count). The third-order valence-electron chi connectivity index (χ3n) is 4.17. The zero-order valence-electron chi connectivity index (χ0n) is 15.7. The summed E-state index contributed by atoms with van der Waals surface area (Å²) in [5, 5.41) is 13.4. The van der Waals surface area contributed by atoms with E-state index in [-0.39, 0.29) is 17.4 Å². The molecule has 2 aromatic rings. The molecule has 0 fully saturated rings. The van der Waals surface area contributed by atoms with E-state index in [2.05, 4.69) is 5.10 Å². The van der Waals surface area contributed by atoms with Gasteiger partial charge in [-0.15, -0.1) is 0 Å². The van der Waals surface area contributed by atoms with Crippen LogP contribution in [0, 0.1) is 17.1 Å². The van der Waals surface area contributed by atoms with Crippen LogP contribution in [0.2, 0.25) is 0 Å². The first-order valence-electron chi connectivity index (χ1n) is 8.50. The zero-order valence-corrected chi connectivity index (χ0v) is 15.7. The molecule has 0 atom stereocenters. The lowest BCUT2D eigenvalue weighted by Gasteiger charge is -2.24. The molecule has 1 aromatic heterocycles. The number of amides is 1. The first-order valence-corrected chi connectivity index (χ1v) is 8.50. The van der Waals surface area contributed by atoms with Crippen molar-refractivity contribution in [3.63, 3.8) is 0 Å². The fourth-order valence-electron chi connectivity index (χ4n) is 2.97. The number of hydrogen-bond donors (Lipinski definition) is 0. The topological polar surface area (TPSA) is 80.4 Å². The summed E-state index contributed by atoms with van der Waals surface area (Å²) in [6, 6.07) is 4.72. The van der Waals surface area contributed by atoms with E-state index in [9.17, 15) is 9.18 Å². The van der Waals surface area contributed by atoms with Crippen LogP contribution < -0.4 is 4.74 Å². The third-order valence-corrected chi connectivity index (χ3v) is 4.17. The van der Waals surface area contributed by atoms with Crippen LogP contribution in [0.1, 0.15) is 43.2 Å². The maximum Gasteiger partial charge on any atom is 0.410 e. The Morgan fingerprint density at radius 1 is 1.37 bits per heavy atom. The maximum absolute atomic E-state index is 14.1. The average molecular weight is 372 g/mol. The molecule has 1 aromatic carbocycles. The molecule has 142 valence electrons. The van der Waals surface area contributed by atoms with E-state index in [1.807, 2.05) is 20.8 Å². The Hall–Kier alpha value is -3.08. The summed E-state index contributed by atoms with van der Waals surface area (Å²) in [7, 11) is 1.39. The summed E-state index contributed by atoms with van der Waals surface area (Å²) in [5.41, 5.74) is 1.74. The number of halogens is 1. The minimum atomic E-state index is -0.633. The molecule has 7 nitrogen and oxygen atoms in total. The number of carbonyl (C=O) groups excluding carboxylic acids is 1. The van der Waals surface area contributed by atoms with Gasteiger partial charge in [0.15, 0.2) is 0 Å². The first-order chi connectivity index (χ1) is 12.7. The van der Waals surface area contributed by atoms with Crippen molar-refractivity contribution in [3.05, 3.63) is 46.5 Å². The number of methoxy groups -OCH3 is 1. The summed E-state index contributed by atoms with van der Waals surface area (Å²) < 4.78 is 26.4. The van der Waals surface area contributed by atoms with Gasteiger partial charge in [-0.05, 0) is 38.5 Å². The Labute approximate surface area is 156 Å². The van der Waals surface area contributed by atoms with Gasteiger partial charge in [-0.1, -0.05) is 0 Å². The quantitative estimate of drug-likeness (QED) is 0.826. The number of fused-ring (bicyclic) bond motifs is 1. The van der Waals surface area contributed by atoms with Crippen LogP contribution >= 0.6 is 0 Å². The molecule has 2 heterocycles. The molecule has 0 saturated heterocycles. The van der Waals surface area contributed by atoms with Crippen molar-refractivity contribution in [1.29, 1.82) is 5.26 Å². The highest BCUT2D eigenvalue weighted by Crippen LogP contribution is 2.27. The smallest absolute Gasteiger partial charge is 0.410 e. The monoisotopic (exact) mass is 372 g/mol. The van der Waals surface area contributed by atoms with E-state index in [0.29, 0.717) is 25.2 Å². The SMILES string of the molecule is COc1cc(Cn2ncc3c2CN(C(=O)OC(C)(C)C)C3)cc(F)c1C#N. The van der Waals surface area contributed by atoms with Crippen molar-refractivity contribution in [2.75, 3.05) is 7.11 Å². The van der Waals surface area contributed by atoms with Crippen LogP contribution in [0.5, 0.6) is 5.75 Å². The lowest BCUT2D eigenvalue weighted by Crippen LogP contribution is -2.33. The molecule has 0 radical (unpaired) electrons. The van der Waals surface area contributed by atoms with Crippen LogP contribution in [0.3, 0.4) is 0 Å². The molecule has 1 amide bonds. The van der Waals surface area contributed by atoms with Crippen molar-refractivity contribution in [1.82, 2.24) is 14.7 Å². The molecule has 8 heteroatoms. The number of aromatic nitrogens is 2. The maximum atomic E-state index is 14.1. The van der Waals surface area contributed by atoms with Gasteiger partial charge in [0.1, 0.15) is 28.8 Å². The molecule has 0 bridgehead atoms. The van der Waals surface area contributed by atoms with E-state index in [4.69, 9.17) is 14.7 Å². The Morgan fingerprint density at radius 3 is 2.74 bits per heavy atom. The van der Waals surface area contributed by atoms with Crippen LogP contribution in [0.4, 0.5) is 9.18 Å². The third kappa shape index (κ3) is 3.87. The fraction of sp³-hybridized carbons (Fsp3) is 0.421. The van der Waals surface area contributed by atoms with Crippen LogP contribution in [-0.2, 0) is 24.4 Å². The predicted octanol–water partition coefficient (Wildman–Crippen LogP) is 3.20. The second-order valence-corrected chi connectivity index (χ2v) is 7.38. The second kappa shape index (κ2) is 6.91. The minimum Gasteiger partial charge on any atom is -0.495 e. The minimum absolute atomic E-state index is 0.122. The lowest BCUT2D eigenvalue weighted by molar-refractivity contribution is 0.0238. The number of carbonyl (C=O) groups is 1. The van der Waals surface area contributed by atoms with Gasteiger partial charge in [0, 0.05) is 5.56 Å². The number of nitrogens with zero attached hydrogens (tertiary/aromatic N) is 4. The molecule has 27 heavy (non-hydrogen) atoms. The number of hydrogen-bond acceptors (Lipinski definition) is 5. The van der Waals surface area contributed by atoms with Crippen molar-refractivity contribution in [2.24, 2.45) is 0 Å². The summed E-state index contributed by atoms with van der Waals surface area (Å²) in [6.07, 6.45) is 1.33. The second-order valence-electron chi connectivity index (χ2n) is 7.38. The van der Waals surface area contributed by atoms with Crippen LogP contribution in [-0.4, -0.2) is 33.5 Å². The fourth-order valence-corrected chi connectivity index (χ4v) is 2.97. The summed E-state index contributed by atoms with van der Waals surface area (Å²) in [4.78, 5) is 13.9. The normalized spacial score (nSPS) is 13.3. The van der Waals surface area contributed by atoms with Crippen molar-refractivity contribution in [2.45, 2.75) is 46.0 Å². The predicted molar refractivity (Wildman–Crippen MR) is 94.5 cm³/mol. The summed E-state index contributed by atoms with van der Waals surface area (Å²) in [6.45, 7) is 6.57. The Kier molecular flexibility index (Phi) is 4.79. The number of ether oxygens (including phenoxy) is 2. The van der Waals surface area contributed by atoms with Crippen molar-refractivity contribution < 1.29 is 18.7 Å². The molecule has 0 spiro atoms. The standard InChI is InChI=1S/C19H21FN4O3/c1-19(2,3)27-18(25)23-10-13-8-22-24(16(13)11-23)9-12-5-15(20)14(7-21)17(6-12)26-4/h5-6,8H,9-11H2,1-4H3. The van der Waals surface area contributed by atoms with Crippen molar-refractivity contribution in [3.8, 4) is 11.8 Å². The largest absolute Gasteiger partial charge is 0.495 e. The number of benzene rings is 1.